The van der Waals surface area contributed by atoms with Crippen molar-refractivity contribution in [2.45, 2.75) is 13.0 Å². The van der Waals surface area contributed by atoms with Crippen LogP contribution in [0, 0.1) is 0 Å². The molecule has 0 bridgehead atoms. The van der Waals surface area contributed by atoms with E-state index in [2.05, 4.69) is 14.9 Å². The maximum atomic E-state index is 12.5. The Labute approximate surface area is 123 Å². The molecule has 0 saturated carbocycles. The van der Waals surface area contributed by atoms with Crippen LogP contribution in [0.4, 0.5) is 5.69 Å². The van der Waals surface area contributed by atoms with Crippen molar-refractivity contribution in [1.82, 2.24) is 9.97 Å². The molecule has 1 N–H and O–H groups in total. The van der Waals surface area contributed by atoms with E-state index in [0.29, 0.717) is 5.30 Å². The van der Waals surface area contributed by atoms with Gasteiger partial charge in [-0.15, -0.1) is 0 Å². The molecule has 2 aromatic rings. The second-order valence-corrected chi connectivity index (χ2v) is 7.17. The summed E-state index contributed by atoms with van der Waals surface area (Å²) in [6, 6.07) is 5.74. The predicted molar refractivity (Wildman–Crippen MR) is 81.0 cm³/mol. The summed E-state index contributed by atoms with van der Waals surface area (Å²) in [5.74, 6) is 0. The molecule has 3 rings (SSSR count). The van der Waals surface area contributed by atoms with Crippen LogP contribution in [0.1, 0.15) is 11.3 Å². The van der Waals surface area contributed by atoms with Crippen LogP contribution in [0.2, 0.25) is 0 Å². The van der Waals surface area contributed by atoms with Gasteiger partial charge < -0.3 is 18.9 Å². The molecule has 0 saturated heterocycles. The molecule has 1 aliphatic rings. The van der Waals surface area contributed by atoms with E-state index in [1.54, 1.807) is 6.33 Å². The summed E-state index contributed by atoms with van der Waals surface area (Å²) >= 11 is 0. The topological polar surface area (TPSA) is 67.5 Å². The minimum absolute atomic E-state index is 0.586. The average Bonchev–Trinajstić information content (AvgIpc) is 3.17. The van der Waals surface area contributed by atoms with Gasteiger partial charge in [0.2, 0.25) is 0 Å². The fourth-order valence-electron chi connectivity index (χ4n) is 2.63. The second kappa shape index (κ2) is 5.64. The van der Waals surface area contributed by atoms with Gasteiger partial charge in [0.05, 0.1) is 23.9 Å². The third kappa shape index (κ3) is 2.62. The maximum absolute atomic E-state index is 12.5. The van der Waals surface area contributed by atoms with E-state index in [1.807, 2.05) is 24.4 Å². The molecule has 6 nitrogen and oxygen atoms in total. The number of benzene rings is 1. The summed E-state index contributed by atoms with van der Waals surface area (Å²) in [5.41, 5.74) is 3.38. The van der Waals surface area contributed by atoms with Crippen LogP contribution >= 0.6 is 7.60 Å². The number of H-pyrrole nitrogens is 1. The van der Waals surface area contributed by atoms with E-state index < -0.39 is 7.60 Å². The number of hydrogen-bond donors (Lipinski definition) is 1. The van der Waals surface area contributed by atoms with Crippen molar-refractivity contribution >= 4 is 18.6 Å². The van der Waals surface area contributed by atoms with E-state index in [4.69, 9.17) is 9.05 Å². The van der Waals surface area contributed by atoms with Crippen LogP contribution in [0.15, 0.2) is 30.7 Å². The maximum Gasteiger partial charge on any atom is 0.360 e. The molecule has 1 aliphatic heterocycles. The molecule has 0 atom stereocenters. The number of hydrogen-bond acceptors (Lipinski definition) is 5. The minimum atomic E-state index is -3.21. The van der Waals surface area contributed by atoms with Crippen molar-refractivity contribution in [1.29, 1.82) is 0 Å². The number of aromatic amines is 1. The Hall–Kier alpha value is -1.62. The van der Waals surface area contributed by atoms with Gasteiger partial charge in [-0.2, -0.15) is 0 Å². The third-order valence-corrected chi connectivity index (χ3v) is 5.65. The van der Waals surface area contributed by atoms with Crippen LogP contribution in [-0.4, -0.2) is 30.7 Å². The monoisotopic (exact) mass is 307 g/mol. The zero-order chi connectivity index (χ0) is 14.9. The molecule has 0 radical (unpaired) electrons. The van der Waals surface area contributed by atoms with Crippen molar-refractivity contribution < 1.29 is 13.6 Å². The number of imidazole rings is 1. The second-order valence-electron chi connectivity index (χ2n) is 4.92. The molecule has 7 heteroatoms. The highest BCUT2D eigenvalue weighted by molar-refractivity contribution is 7.62. The number of nitrogens with zero attached hydrogens (tertiary/aromatic N) is 2. The fraction of sp³-hybridized carbons (Fsp3) is 0.357. The Morgan fingerprint density at radius 3 is 2.86 bits per heavy atom. The smallest absolute Gasteiger partial charge is 0.360 e. The summed E-state index contributed by atoms with van der Waals surface area (Å²) in [5, 5.41) is 0.586. The summed E-state index contributed by atoms with van der Waals surface area (Å²) in [6.07, 6.45) is 4.47. The van der Waals surface area contributed by atoms with E-state index in [-0.39, 0.29) is 0 Å². The Kier molecular flexibility index (Phi) is 3.85. The molecule has 0 fully saturated rings. The van der Waals surface area contributed by atoms with Gasteiger partial charge in [-0.25, -0.2) is 4.98 Å². The third-order valence-electron chi connectivity index (χ3n) is 3.77. The van der Waals surface area contributed by atoms with Crippen LogP contribution in [0.5, 0.6) is 0 Å². The number of aromatic nitrogens is 2. The first-order valence-corrected chi connectivity index (χ1v) is 8.28. The number of fused-ring (bicyclic) bond motifs is 1. The first-order valence-electron chi connectivity index (χ1n) is 6.73. The highest BCUT2D eigenvalue weighted by Crippen LogP contribution is 2.46. The van der Waals surface area contributed by atoms with E-state index in [1.165, 1.54) is 19.8 Å². The van der Waals surface area contributed by atoms with Gasteiger partial charge in [-0.05, 0) is 24.1 Å². The normalized spacial score (nSPS) is 14.5. The zero-order valence-electron chi connectivity index (χ0n) is 12.1. The highest BCUT2D eigenvalue weighted by Gasteiger charge is 2.28. The van der Waals surface area contributed by atoms with E-state index in [0.717, 1.165) is 30.9 Å². The van der Waals surface area contributed by atoms with Crippen molar-refractivity contribution in [3.05, 3.63) is 42.0 Å². The van der Waals surface area contributed by atoms with Crippen LogP contribution < -0.4 is 10.2 Å². The van der Waals surface area contributed by atoms with Crippen molar-refractivity contribution in [3.8, 4) is 0 Å². The number of anilines is 1. The standard InChI is InChI=1S/C14H18N3O3P/c1-19-21(18,20-2)13-4-3-11-5-6-17(14(11)7-13)9-12-8-15-10-16-12/h3-4,7-8,10H,5-6,9H2,1-2H3,(H,15,16). The molecule has 21 heavy (non-hydrogen) atoms. The minimum Gasteiger partial charge on any atom is -0.365 e. The Bertz CT molecular complexity index is 664. The average molecular weight is 307 g/mol. The first-order chi connectivity index (χ1) is 10.2. The quantitative estimate of drug-likeness (QED) is 0.857. The lowest BCUT2D eigenvalue weighted by Crippen LogP contribution is -2.21. The molecule has 0 unspecified atom stereocenters. The SMILES string of the molecule is COP(=O)(OC)c1ccc2c(c1)N(Cc1cnc[nH]1)CC2. The zero-order valence-corrected chi connectivity index (χ0v) is 13.0. The Balaban J connectivity index is 1.92. The van der Waals surface area contributed by atoms with Gasteiger partial charge in [-0.1, -0.05) is 6.07 Å². The summed E-state index contributed by atoms with van der Waals surface area (Å²) in [6.45, 7) is 1.68. The molecular weight excluding hydrogens is 289 g/mol. The van der Waals surface area contributed by atoms with Crippen molar-refractivity contribution in [2.75, 3.05) is 25.7 Å². The molecule has 112 valence electrons. The Morgan fingerprint density at radius 2 is 2.19 bits per heavy atom. The molecule has 1 aromatic heterocycles. The molecule has 0 amide bonds. The van der Waals surface area contributed by atoms with Gasteiger partial charge in [-0.3, -0.25) is 4.57 Å². The summed E-state index contributed by atoms with van der Waals surface area (Å²) in [4.78, 5) is 9.38. The molecule has 2 heterocycles. The highest BCUT2D eigenvalue weighted by atomic mass is 31.2. The fourth-order valence-corrected chi connectivity index (χ4v) is 3.74. The van der Waals surface area contributed by atoms with Gasteiger partial charge >= 0.3 is 7.60 Å². The van der Waals surface area contributed by atoms with Gasteiger partial charge in [0.1, 0.15) is 0 Å². The van der Waals surface area contributed by atoms with Crippen molar-refractivity contribution in [3.63, 3.8) is 0 Å². The van der Waals surface area contributed by atoms with E-state index in [9.17, 15) is 4.57 Å². The first kappa shape index (κ1) is 14.3. The van der Waals surface area contributed by atoms with Crippen LogP contribution in [-0.2, 0) is 26.6 Å². The lowest BCUT2D eigenvalue weighted by atomic mass is 10.2. The largest absolute Gasteiger partial charge is 0.365 e. The van der Waals surface area contributed by atoms with Crippen LogP contribution in [0.25, 0.3) is 0 Å². The van der Waals surface area contributed by atoms with E-state index >= 15 is 0 Å². The van der Waals surface area contributed by atoms with Crippen molar-refractivity contribution in [2.24, 2.45) is 0 Å². The molecular formula is C14H18N3O3P. The number of nitrogens with one attached hydrogen (secondary N) is 1. The predicted octanol–water partition coefficient (Wildman–Crippen LogP) is 2.08. The molecule has 0 spiro atoms. The number of rotatable bonds is 5. The van der Waals surface area contributed by atoms with Gasteiger partial charge in [0.15, 0.2) is 0 Å². The van der Waals surface area contributed by atoms with Gasteiger partial charge in [0, 0.05) is 32.6 Å². The Morgan fingerprint density at radius 1 is 1.38 bits per heavy atom. The molecule has 1 aromatic carbocycles. The summed E-state index contributed by atoms with van der Waals surface area (Å²) in [7, 11) is -0.404. The lowest BCUT2D eigenvalue weighted by Gasteiger charge is -2.20. The van der Waals surface area contributed by atoms with Gasteiger partial charge in [0.25, 0.3) is 0 Å². The summed E-state index contributed by atoms with van der Waals surface area (Å²) < 4.78 is 22.6. The molecule has 0 aliphatic carbocycles. The van der Waals surface area contributed by atoms with Crippen LogP contribution in [0.3, 0.4) is 0 Å². The lowest BCUT2D eigenvalue weighted by molar-refractivity contribution is 0.287.